The Morgan fingerprint density at radius 1 is 0.900 bits per heavy atom. The molecule has 1 aromatic carbocycles. The first-order valence-corrected chi connectivity index (χ1v) is 6.11. The van der Waals surface area contributed by atoms with Crippen LogP contribution in [0.1, 0.15) is 10.4 Å². The molecule has 0 spiro atoms. The summed E-state index contributed by atoms with van der Waals surface area (Å²) in [4.78, 5) is 10.8. The van der Waals surface area contributed by atoms with Crippen molar-refractivity contribution in [3.63, 3.8) is 0 Å². The second-order valence-electron chi connectivity index (χ2n) is 3.60. The number of rotatable bonds is 11. The molecule has 0 heterocycles. The first-order chi connectivity index (χ1) is 9.81. The van der Waals surface area contributed by atoms with Gasteiger partial charge in [0.1, 0.15) is 32.7 Å². The van der Waals surface area contributed by atoms with Gasteiger partial charge in [-0.15, -0.1) is 0 Å². The van der Waals surface area contributed by atoms with Crippen LogP contribution in [0.3, 0.4) is 0 Å². The van der Waals surface area contributed by atoms with Gasteiger partial charge in [0.15, 0.2) is 11.5 Å². The summed E-state index contributed by atoms with van der Waals surface area (Å²) in [5, 5.41) is 0. The Hall–Kier alpha value is -2.43. The van der Waals surface area contributed by atoms with E-state index < -0.39 is 0 Å². The van der Waals surface area contributed by atoms with Crippen molar-refractivity contribution in [3.8, 4) is 11.5 Å². The maximum absolute atomic E-state index is 10.8. The summed E-state index contributed by atoms with van der Waals surface area (Å²) >= 11 is 0. The molecule has 1 aromatic rings. The van der Waals surface area contributed by atoms with Crippen LogP contribution in [0.2, 0.25) is 0 Å². The van der Waals surface area contributed by atoms with Crippen molar-refractivity contribution in [1.82, 2.24) is 0 Å². The van der Waals surface area contributed by atoms with E-state index >= 15 is 0 Å². The average Bonchev–Trinajstić information content (AvgIpc) is 2.49. The summed E-state index contributed by atoms with van der Waals surface area (Å²) in [6.07, 6.45) is 3.44. The molecule has 0 saturated heterocycles. The predicted molar refractivity (Wildman–Crippen MR) is 75.1 cm³/mol. The van der Waals surface area contributed by atoms with Gasteiger partial charge in [-0.05, 0) is 18.2 Å². The SMILES string of the molecule is C=COCCOc1ccc(C=O)cc1OCCOC=C. The summed E-state index contributed by atoms with van der Waals surface area (Å²) in [7, 11) is 0. The molecule has 0 aliphatic heterocycles. The molecule has 0 bridgehead atoms. The molecule has 5 nitrogen and oxygen atoms in total. The maximum atomic E-state index is 10.8. The Kier molecular flexibility index (Phi) is 7.42. The Morgan fingerprint density at radius 3 is 2.05 bits per heavy atom. The number of hydrogen-bond donors (Lipinski definition) is 0. The first-order valence-electron chi connectivity index (χ1n) is 6.11. The van der Waals surface area contributed by atoms with Crippen LogP contribution in [-0.2, 0) is 9.47 Å². The van der Waals surface area contributed by atoms with Crippen molar-refractivity contribution in [2.75, 3.05) is 26.4 Å². The van der Waals surface area contributed by atoms with Crippen LogP contribution in [-0.4, -0.2) is 32.7 Å². The molecule has 20 heavy (non-hydrogen) atoms. The average molecular weight is 278 g/mol. The van der Waals surface area contributed by atoms with Gasteiger partial charge in [-0.25, -0.2) is 0 Å². The zero-order valence-corrected chi connectivity index (χ0v) is 11.2. The van der Waals surface area contributed by atoms with E-state index in [4.69, 9.17) is 18.9 Å². The third kappa shape index (κ3) is 5.48. The third-order valence-corrected chi connectivity index (χ3v) is 2.26. The molecular weight excluding hydrogens is 260 g/mol. The van der Waals surface area contributed by atoms with E-state index in [2.05, 4.69) is 13.2 Å². The van der Waals surface area contributed by atoms with E-state index in [1.54, 1.807) is 18.2 Å². The van der Waals surface area contributed by atoms with E-state index in [-0.39, 0.29) is 0 Å². The lowest BCUT2D eigenvalue weighted by atomic mass is 10.2. The second kappa shape index (κ2) is 9.49. The molecule has 0 amide bonds. The van der Waals surface area contributed by atoms with E-state index in [1.165, 1.54) is 12.5 Å². The normalized spacial score (nSPS) is 9.40. The van der Waals surface area contributed by atoms with E-state index in [0.29, 0.717) is 43.5 Å². The molecule has 0 N–H and O–H groups in total. The highest BCUT2D eigenvalue weighted by molar-refractivity contribution is 5.76. The second-order valence-corrected chi connectivity index (χ2v) is 3.60. The molecule has 1 rings (SSSR count). The topological polar surface area (TPSA) is 54.0 Å². The van der Waals surface area contributed by atoms with Crippen LogP contribution in [0.5, 0.6) is 11.5 Å². The smallest absolute Gasteiger partial charge is 0.162 e. The van der Waals surface area contributed by atoms with Crippen LogP contribution in [0.4, 0.5) is 0 Å². The number of carbonyl (C=O) groups is 1. The van der Waals surface area contributed by atoms with Crippen LogP contribution in [0.25, 0.3) is 0 Å². The number of ether oxygens (including phenoxy) is 4. The number of carbonyl (C=O) groups excluding carboxylic acids is 1. The van der Waals surface area contributed by atoms with Crippen LogP contribution >= 0.6 is 0 Å². The Morgan fingerprint density at radius 2 is 1.50 bits per heavy atom. The van der Waals surface area contributed by atoms with Crippen molar-refractivity contribution in [2.24, 2.45) is 0 Å². The van der Waals surface area contributed by atoms with Gasteiger partial charge in [-0.1, -0.05) is 13.2 Å². The molecule has 5 heteroatoms. The molecule has 0 atom stereocenters. The fourth-order valence-electron chi connectivity index (χ4n) is 1.40. The minimum Gasteiger partial charge on any atom is -0.498 e. The monoisotopic (exact) mass is 278 g/mol. The Bertz CT molecular complexity index is 442. The molecule has 0 aliphatic rings. The standard InChI is InChI=1S/C15H18O5/c1-3-17-7-9-19-14-6-5-13(12-16)11-15(14)20-10-8-18-4-2/h3-6,11-12H,1-2,7-10H2. The van der Waals surface area contributed by atoms with Crippen LogP contribution in [0.15, 0.2) is 43.9 Å². The quantitative estimate of drug-likeness (QED) is 0.354. The molecule has 0 saturated carbocycles. The van der Waals surface area contributed by atoms with Crippen molar-refractivity contribution in [3.05, 3.63) is 49.4 Å². The fourth-order valence-corrected chi connectivity index (χ4v) is 1.40. The van der Waals surface area contributed by atoms with Gasteiger partial charge >= 0.3 is 0 Å². The summed E-state index contributed by atoms with van der Waals surface area (Å²) in [6.45, 7) is 8.31. The zero-order chi connectivity index (χ0) is 14.6. The van der Waals surface area contributed by atoms with Gasteiger partial charge in [0, 0.05) is 5.56 Å². The molecule has 0 aliphatic carbocycles. The fraction of sp³-hybridized carbons (Fsp3) is 0.267. The number of benzene rings is 1. The summed E-state index contributed by atoms with van der Waals surface area (Å²) in [5.74, 6) is 1.03. The largest absolute Gasteiger partial charge is 0.498 e. The minimum atomic E-state index is 0.327. The summed E-state index contributed by atoms with van der Waals surface area (Å²) in [5.41, 5.74) is 0.513. The highest BCUT2D eigenvalue weighted by atomic mass is 16.5. The highest BCUT2D eigenvalue weighted by Crippen LogP contribution is 2.28. The van der Waals surface area contributed by atoms with Gasteiger partial charge < -0.3 is 18.9 Å². The van der Waals surface area contributed by atoms with Crippen molar-refractivity contribution >= 4 is 6.29 Å². The van der Waals surface area contributed by atoms with Crippen molar-refractivity contribution in [2.45, 2.75) is 0 Å². The summed E-state index contributed by atoms with van der Waals surface area (Å²) in [6, 6.07) is 4.95. The minimum absolute atomic E-state index is 0.327. The van der Waals surface area contributed by atoms with E-state index in [0.717, 1.165) is 6.29 Å². The van der Waals surface area contributed by atoms with Crippen LogP contribution < -0.4 is 9.47 Å². The van der Waals surface area contributed by atoms with Gasteiger partial charge in [-0.3, -0.25) is 4.79 Å². The molecule has 108 valence electrons. The number of aldehydes is 1. The molecule has 0 aromatic heterocycles. The predicted octanol–water partition coefficient (Wildman–Crippen LogP) is 2.58. The summed E-state index contributed by atoms with van der Waals surface area (Å²) < 4.78 is 21.0. The lowest BCUT2D eigenvalue weighted by molar-refractivity contribution is 0.112. The van der Waals surface area contributed by atoms with Crippen LogP contribution in [0, 0.1) is 0 Å². The van der Waals surface area contributed by atoms with E-state index in [1.807, 2.05) is 0 Å². The first kappa shape index (κ1) is 15.6. The third-order valence-electron chi connectivity index (χ3n) is 2.26. The maximum Gasteiger partial charge on any atom is 0.162 e. The van der Waals surface area contributed by atoms with Gasteiger partial charge in [0.2, 0.25) is 0 Å². The van der Waals surface area contributed by atoms with Gasteiger partial charge in [0.05, 0.1) is 12.5 Å². The molecule has 0 fully saturated rings. The highest BCUT2D eigenvalue weighted by Gasteiger charge is 2.07. The zero-order valence-electron chi connectivity index (χ0n) is 11.2. The van der Waals surface area contributed by atoms with Gasteiger partial charge in [-0.2, -0.15) is 0 Å². The lowest BCUT2D eigenvalue weighted by Gasteiger charge is -2.13. The van der Waals surface area contributed by atoms with Crippen molar-refractivity contribution in [1.29, 1.82) is 0 Å². The molecule has 0 radical (unpaired) electrons. The van der Waals surface area contributed by atoms with Crippen molar-refractivity contribution < 1.29 is 23.7 Å². The van der Waals surface area contributed by atoms with E-state index in [9.17, 15) is 4.79 Å². The lowest BCUT2D eigenvalue weighted by Crippen LogP contribution is -2.08. The Labute approximate surface area is 118 Å². The van der Waals surface area contributed by atoms with Gasteiger partial charge in [0.25, 0.3) is 0 Å². The number of hydrogen-bond acceptors (Lipinski definition) is 5. The Balaban J connectivity index is 2.62. The molecular formula is C15H18O5. The molecule has 0 unspecified atom stereocenters.